The van der Waals surface area contributed by atoms with Crippen molar-refractivity contribution in [2.45, 2.75) is 25.9 Å². The van der Waals surface area contributed by atoms with Crippen molar-refractivity contribution in [2.75, 3.05) is 6.54 Å². The van der Waals surface area contributed by atoms with Crippen molar-refractivity contribution in [3.05, 3.63) is 11.4 Å². The summed E-state index contributed by atoms with van der Waals surface area (Å²) >= 11 is 0. The summed E-state index contributed by atoms with van der Waals surface area (Å²) in [6, 6.07) is 0. The quantitative estimate of drug-likeness (QED) is 0.544. The van der Waals surface area contributed by atoms with Crippen LogP contribution in [0.3, 0.4) is 0 Å². The summed E-state index contributed by atoms with van der Waals surface area (Å²) in [5.74, 6) is 5.61. The van der Waals surface area contributed by atoms with E-state index < -0.39 is 11.9 Å². The van der Waals surface area contributed by atoms with Crippen LogP contribution in [0.2, 0.25) is 0 Å². The van der Waals surface area contributed by atoms with Gasteiger partial charge in [-0.1, -0.05) is 0 Å². The second kappa shape index (κ2) is 3.68. The predicted octanol–water partition coefficient (Wildman–Crippen LogP) is 1.32. The lowest BCUT2D eigenvalue weighted by atomic mass is 10.3. The molecule has 0 bridgehead atoms. The zero-order valence-corrected chi connectivity index (χ0v) is 7.93. The van der Waals surface area contributed by atoms with Gasteiger partial charge in [0, 0.05) is 12.2 Å². The van der Waals surface area contributed by atoms with Crippen LogP contribution in [0.4, 0.5) is 13.2 Å². The number of rotatable bonds is 3. The maximum Gasteiger partial charge on any atom is 0.434 e. The van der Waals surface area contributed by atoms with Crippen LogP contribution in [0.1, 0.15) is 19.8 Å². The van der Waals surface area contributed by atoms with Crippen LogP contribution in [0.15, 0.2) is 11.4 Å². The zero-order chi connectivity index (χ0) is 10.9. The van der Waals surface area contributed by atoms with E-state index in [1.807, 2.05) is 0 Å². The standard InChI is InChI=1S/C8H14F3N3/c1-5(12)7(8(9,10)11)14(13)4-6-2-3-6/h6H,2-4,12-13H2,1H3/b7-5-. The Morgan fingerprint density at radius 2 is 1.93 bits per heavy atom. The zero-order valence-electron chi connectivity index (χ0n) is 7.93. The molecular formula is C8H14F3N3. The van der Waals surface area contributed by atoms with Crippen molar-refractivity contribution in [1.29, 1.82) is 0 Å². The predicted molar refractivity (Wildman–Crippen MR) is 46.6 cm³/mol. The van der Waals surface area contributed by atoms with Crippen LogP contribution in [-0.2, 0) is 0 Å². The molecule has 0 aromatic carbocycles. The van der Waals surface area contributed by atoms with E-state index in [4.69, 9.17) is 11.6 Å². The Morgan fingerprint density at radius 1 is 1.43 bits per heavy atom. The van der Waals surface area contributed by atoms with Gasteiger partial charge < -0.3 is 10.7 Å². The molecule has 0 spiro atoms. The Bertz CT molecular complexity index is 239. The van der Waals surface area contributed by atoms with Crippen molar-refractivity contribution in [2.24, 2.45) is 17.5 Å². The van der Waals surface area contributed by atoms with Crippen molar-refractivity contribution in [3.8, 4) is 0 Å². The lowest BCUT2D eigenvalue weighted by Crippen LogP contribution is -2.40. The van der Waals surface area contributed by atoms with E-state index >= 15 is 0 Å². The monoisotopic (exact) mass is 209 g/mol. The van der Waals surface area contributed by atoms with Gasteiger partial charge in [-0.2, -0.15) is 13.2 Å². The first-order valence-electron chi connectivity index (χ1n) is 4.38. The molecule has 0 radical (unpaired) electrons. The van der Waals surface area contributed by atoms with Gasteiger partial charge in [-0.05, 0) is 25.7 Å². The van der Waals surface area contributed by atoms with Gasteiger partial charge in [0.05, 0.1) is 0 Å². The van der Waals surface area contributed by atoms with Crippen LogP contribution >= 0.6 is 0 Å². The molecule has 6 heteroatoms. The molecule has 4 N–H and O–H groups in total. The summed E-state index contributed by atoms with van der Waals surface area (Å²) in [4.78, 5) is 0. The van der Waals surface area contributed by atoms with Gasteiger partial charge in [0.25, 0.3) is 0 Å². The number of alkyl halides is 3. The highest BCUT2D eigenvalue weighted by Crippen LogP contribution is 2.33. The summed E-state index contributed by atoms with van der Waals surface area (Å²) in [6.45, 7) is 1.43. The third-order valence-corrected chi connectivity index (χ3v) is 2.08. The molecule has 1 aliphatic carbocycles. The molecule has 3 nitrogen and oxygen atoms in total. The molecule has 1 saturated carbocycles. The fourth-order valence-electron chi connectivity index (χ4n) is 1.28. The van der Waals surface area contributed by atoms with Crippen molar-refractivity contribution < 1.29 is 13.2 Å². The van der Waals surface area contributed by atoms with Gasteiger partial charge in [0.2, 0.25) is 0 Å². The number of hydrogen-bond donors (Lipinski definition) is 2. The smallest absolute Gasteiger partial charge is 0.401 e. The third kappa shape index (κ3) is 2.80. The highest BCUT2D eigenvalue weighted by molar-refractivity contribution is 5.13. The molecule has 0 atom stereocenters. The molecule has 0 aromatic rings. The maximum atomic E-state index is 12.4. The fourth-order valence-corrected chi connectivity index (χ4v) is 1.28. The van der Waals surface area contributed by atoms with E-state index in [9.17, 15) is 13.2 Å². The van der Waals surface area contributed by atoms with Crippen LogP contribution in [-0.4, -0.2) is 17.7 Å². The number of hydrogen-bond acceptors (Lipinski definition) is 3. The van der Waals surface area contributed by atoms with Crippen LogP contribution in [0.25, 0.3) is 0 Å². The minimum atomic E-state index is -4.47. The Hall–Kier alpha value is -0.910. The largest absolute Gasteiger partial charge is 0.434 e. The Balaban J connectivity index is 2.72. The fraction of sp³-hybridized carbons (Fsp3) is 0.750. The highest BCUT2D eigenvalue weighted by Gasteiger charge is 2.39. The van der Waals surface area contributed by atoms with Gasteiger partial charge in [0.15, 0.2) is 5.70 Å². The second-order valence-corrected chi connectivity index (χ2v) is 3.63. The average Bonchev–Trinajstić information content (AvgIpc) is 2.65. The number of halogens is 3. The normalized spacial score (nSPS) is 19.2. The van der Waals surface area contributed by atoms with Crippen molar-refractivity contribution in [3.63, 3.8) is 0 Å². The molecule has 0 amide bonds. The molecule has 14 heavy (non-hydrogen) atoms. The minimum Gasteiger partial charge on any atom is -0.401 e. The van der Waals surface area contributed by atoms with E-state index in [0.29, 0.717) is 5.01 Å². The molecule has 1 fully saturated rings. The summed E-state index contributed by atoms with van der Waals surface area (Å²) < 4.78 is 37.3. The highest BCUT2D eigenvalue weighted by atomic mass is 19.4. The molecule has 0 aromatic heterocycles. The van der Waals surface area contributed by atoms with Gasteiger partial charge in [0.1, 0.15) is 0 Å². The van der Waals surface area contributed by atoms with E-state index in [2.05, 4.69) is 0 Å². The molecule has 0 heterocycles. The molecule has 1 aliphatic rings. The molecule has 0 aliphatic heterocycles. The molecule has 82 valence electrons. The lowest BCUT2D eigenvalue weighted by molar-refractivity contribution is -0.113. The summed E-state index contributed by atoms with van der Waals surface area (Å²) in [7, 11) is 0. The average molecular weight is 209 g/mol. The second-order valence-electron chi connectivity index (χ2n) is 3.63. The van der Waals surface area contributed by atoms with Crippen molar-refractivity contribution in [1.82, 2.24) is 5.01 Å². The summed E-state index contributed by atoms with van der Waals surface area (Å²) in [5.41, 5.74) is 3.94. The lowest BCUT2D eigenvalue weighted by Gasteiger charge is -2.24. The first kappa shape index (κ1) is 11.2. The number of allylic oxidation sites excluding steroid dienone is 2. The number of nitrogens with two attached hydrogens (primary N) is 2. The van der Waals surface area contributed by atoms with Crippen LogP contribution < -0.4 is 11.6 Å². The van der Waals surface area contributed by atoms with Gasteiger partial charge in [-0.15, -0.1) is 0 Å². The summed E-state index contributed by atoms with van der Waals surface area (Å²) in [6.07, 6.45) is -2.58. The third-order valence-electron chi connectivity index (χ3n) is 2.08. The van der Waals surface area contributed by atoms with Gasteiger partial charge >= 0.3 is 6.18 Å². The Kier molecular flexibility index (Phi) is 2.94. The maximum absolute atomic E-state index is 12.4. The SMILES string of the molecule is C/C(N)=C(/N(N)CC1CC1)C(F)(F)F. The molecule has 0 saturated heterocycles. The van der Waals surface area contributed by atoms with Crippen LogP contribution in [0, 0.1) is 5.92 Å². The van der Waals surface area contributed by atoms with E-state index in [-0.39, 0.29) is 18.2 Å². The minimum absolute atomic E-state index is 0.226. The van der Waals surface area contributed by atoms with Gasteiger partial charge in [-0.25, -0.2) is 5.84 Å². The summed E-state index contributed by atoms with van der Waals surface area (Å²) in [5, 5.41) is 0.715. The van der Waals surface area contributed by atoms with E-state index in [1.165, 1.54) is 6.92 Å². The number of hydrazine groups is 1. The van der Waals surface area contributed by atoms with Gasteiger partial charge in [-0.3, -0.25) is 0 Å². The molecular weight excluding hydrogens is 195 g/mol. The van der Waals surface area contributed by atoms with E-state index in [0.717, 1.165) is 12.8 Å². The Morgan fingerprint density at radius 3 is 2.21 bits per heavy atom. The Labute approximate surface area is 80.5 Å². The topological polar surface area (TPSA) is 55.3 Å². The number of nitrogens with zero attached hydrogens (tertiary/aromatic N) is 1. The first-order valence-corrected chi connectivity index (χ1v) is 4.38. The van der Waals surface area contributed by atoms with Crippen molar-refractivity contribution >= 4 is 0 Å². The molecule has 1 rings (SSSR count). The first-order chi connectivity index (χ1) is 6.32. The van der Waals surface area contributed by atoms with Crippen LogP contribution in [0.5, 0.6) is 0 Å². The molecule has 0 unspecified atom stereocenters. The van der Waals surface area contributed by atoms with E-state index in [1.54, 1.807) is 0 Å².